The van der Waals surface area contributed by atoms with Gasteiger partial charge in [-0.05, 0) is 24.3 Å². The number of rotatable bonds is 0. The first kappa shape index (κ1) is 27.9. The molecule has 3 aromatic rings. The molecule has 0 saturated heterocycles. The SMILES string of the molecule is CC.CC.CC.Nc1ccccc1.[O-][n+]1ccccc1.c1ccncc1. The van der Waals surface area contributed by atoms with E-state index in [2.05, 4.69) is 4.98 Å². The van der Waals surface area contributed by atoms with Crippen LogP contribution in [0, 0.1) is 5.21 Å². The predicted molar refractivity (Wildman–Crippen MR) is 115 cm³/mol. The summed E-state index contributed by atoms with van der Waals surface area (Å²) in [4.78, 5) is 3.78. The molecule has 4 heteroatoms. The van der Waals surface area contributed by atoms with Gasteiger partial charge in [0.2, 0.25) is 0 Å². The van der Waals surface area contributed by atoms with E-state index in [4.69, 9.17) is 5.73 Å². The lowest BCUT2D eigenvalue weighted by Crippen LogP contribution is -2.22. The summed E-state index contributed by atoms with van der Waals surface area (Å²) in [5.41, 5.74) is 6.18. The number of pyridine rings is 2. The number of para-hydroxylation sites is 1. The number of nitrogens with zero attached hydrogens (tertiary/aromatic N) is 2. The van der Waals surface area contributed by atoms with Crippen molar-refractivity contribution in [3.63, 3.8) is 0 Å². The number of nitrogens with two attached hydrogens (primary N) is 1. The maximum atomic E-state index is 10.2. The van der Waals surface area contributed by atoms with Gasteiger partial charge in [0, 0.05) is 30.2 Å². The van der Waals surface area contributed by atoms with Crippen molar-refractivity contribution in [3.8, 4) is 0 Å². The van der Waals surface area contributed by atoms with Crippen LogP contribution >= 0.6 is 0 Å². The lowest BCUT2D eigenvalue weighted by Gasteiger charge is -1.88. The molecule has 1 aromatic carbocycles. The van der Waals surface area contributed by atoms with Gasteiger partial charge in [0.1, 0.15) is 0 Å². The van der Waals surface area contributed by atoms with E-state index < -0.39 is 0 Å². The Morgan fingerprint density at radius 1 is 0.654 bits per heavy atom. The average molecular weight is 358 g/mol. The molecule has 0 radical (unpaired) electrons. The fourth-order valence-corrected chi connectivity index (χ4v) is 1.15. The maximum Gasteiger partial charge on any atom is 0.180 e. The van der Waals surface area contributed by atoms with Crippen molar-refractivity contribution in [3.05, 3.63) is 96.7 Å². The Morgan fingerprint density at radius 2 is 1.04 bits per heavy atom. The molecule has 0 aliphatic heterocycles. The fourth-order valence-electron chi connectivity index (χ4n) is 1.15. The van der Waals surface area contributed by atoms with Crippen molar-refractivity contribution < 1.29 is 4.73 Å². The Morgan fingerprint density at radius 3 is 1.23 bits per heavy atom. The van der Waals surface area contributed by atoms with Crippen molar-refractivity contribution in [1.29, 1.82) is 0 Å². The Labute approximate surface area is 160 Å². The Balaban J connectivity index is -0.000000267. The van der Waals surface area contributed by atoms with Gasteiger partial charge >= 0.3 is 0 Å². The highest BCUT2D eigenvalue weighted by Gasteiger charge is 1.75. The summed E-state index contributed by atoms with van der Waals surface area (Å²) in [6, 6.07) is 20.4. The molecule has 144 valence electrons. The second kappa shape index (κ2) is 27.0. The zero-order valence-corrected chi connectivity index (χ0v) is 17.0. The summed E-state index contributed by atoms with van der Waals surface area (Å²) >= 11 is 0. The van der Waals surface area contributed by atoms with Crippen molar-refractivity contribution >= 4 is 5.69 Å². The van der Waals surface area contributed by atoms with Gasteiger partial charge in [0.15, 0.2) is 12.4 Å². The van der Waals surface area contributed by atoms with Crippen LogP contribution in [0.4, 0.5) is 5.69 Å². The fraction of sp³-hybridized carbons (Fsp3) is 0.273. The van der Waals surface area contributed by atoms with E-state index in [0.717, 1.165) is 10.4 Å². The molecule has 0 atom stereocenters. The highest BCUT2D eigenvalue weighted by Crippen LogP contribution is 1.95. The summed E-state index contributed by atoms with van der Waals surface area (Å²) in [6.45, 7) is 12.0. The summed E-state index contributed by atoms with van der Waals surface area (Å²) in [6.07, 6.45) is 6.39. The molecule has 26 heavy (non-hydrogen) atoms. The van der Waals surface area contributed by atoms with Crippen molar-refractivity contribution in [1.82, 2.24) is 4.98 Å². The van der Waals surface area contributed by atoms with Crippen LogP contribution in [0.1, 0.15) is 41.5 Å². The van der Waals surface area contributed by atoms with Gasteiger partial charge in [-0.3, -0.25) is 4.98 Å². The van der Waals surface area contributed by atoms with Gasteiger partial charge in [0.05, 0.1) is 0 Å². The van der Waals surface area contributed by atoms with E-state index in [1.165, 1.54) is 12.4 Å². The summed E-state index contributed by atoms with van der Waals surface area (Å²) in [5, 5.41) is 10.2. The average Bonchev–Trinajstić information content (AvgIpc) is 2.76. The zero-order valence-electron chi connectivity index (χ0n) is 17.0. The molecule has 3 rings (SSSR count). The lowest BCUT2D eigenvalue weighted by atomic mass is 10.3. The van der Waals surface area contributed by atoms with Crippen LogP contribution in [0.3, 0.4) is 0 Å². The Kier molecular flexibility index (Phi) is 29.0. The third-order valence-electron chi connectivity index (χ3n) is 2.05. The first-order chi connectivity index (χ1) is 12.8. The third-order valence-corrected chi connectivity index (χ3v) is 2.05. The Bertz CT molecular complexity index is 482. The topological polar surface area (TPSA) is 65.8 Å². The van der Waals surface area contributed by atoms with Gasteiger partial charge in [-0.15, -0.1) is 0 Å². The van der Waals surface area contributed by atoms with Gasteiger partial charge in [-0.25, -0.2) is 0 Å². The molecule has 0 bridgehead atoms. The molecular formula is C22H35N3O. The van der Waals surface area contributed by atoms with Crippen LogP contribution in [0.15, 0.2) is 91.5 Å². The molecule has 0 fully saturated rings. The maximum absolute atomic E-state index is 10.2. The van der Waals surface area contributed by atoms with Crippen LogP contribution in [-0.4, -0.2) is 4.98 Å². The second-order valence-corrected chi connectivity index (χ2v) is 3.67. The first-order valence-corrected chi connectivity index (χ1v) is 9.08. The van der Waals surface area contributed by atoms with E-state index in [1.807, 2.05) is 90.1 Å². The van der Waals surface area contributed by atoms with E-state index in [9.17, 15) is 5.21 Å². The first-order valence-electron chi connectivity index (χ1n) is 9.08. The molecule has 0 amide bonds. The predicted octanol–water partition coefficient (Wildman–Crippen LogP) is 5.75. The summed E-state index contributed by atoms with van der Waals surface area (Å²) in [7, 11) is 0. The molecule has 0 unspecified atom stereocenters. The molecule has 2 N–H and O–H groups in total. The van der Waals surface area contributed by atoms with Crippen molar-refractivity contribution in [2.45, 2.75) is 41.5 Å². The quantitative estimate of drug-likeness (QED) is 0.316. The highest BCUT2D eigenvalue weighted by atomic mass is 16.5. The molecule has 2 heterocycles. The molecule has 0 saturated carbocycles. The van der Waals surface area contributed by atoms with E-state index in [1.54, 1.807) is 30.6 Å². The van der Waals surface area contributed by atoms with Crippen LogP contribution in [-0.2, 0) is 0 Å². The van der Waals surface area contributed by atoms with Gasteiger partial charge in [-0.2, -0.15) is 4.73 Å². The third kappa shape index (κ3) is 23.4. The van der Waals surface area contributed by atoms with E-state index in [-0.39, 0.29) is 0 Å². The van der Waals surface area contributed by atoms with Gasteiger partial charge in [-0.1, -0.05) is 71.9 Å². The van der Waals surface area contributed by atoms with Crippen LogP contribution in [0.5, 0.6) is 0 Å². The number of hydrogen-bond donors (Lipinski definition) is 1. The minimum absolute atomic E-state index is 0.750. The Hall–Kier alpha value is -2.88. The normalized spacial score (nSPS) is 7.15. The molecule has 0 aliphatic carbocycles. The summed E-state index contributed by atoms with van der Waals surface area (Å²) < 4.78 is 0.750. The van der Waals surface area contributed by atoms with Gasteiger partial charge < -0.3 is 10.9 Å². The summed E-state index contributed by atoms with van der Waals surface area (Å²) in [5.74, 6) is 0. The molecule has 0 aliphatic rings. The molecule has 0 spiro atoms. The highest BCUT2D eigenvalue weighted by molar-refractivity contribution is 5.35. The van der Waals surface area contributed by atoms with Gasteiger partial charge in [0.25, 0.3) is 0 Å². The number of hydrogen-bond acceptors (Lipinski definition) is 3. The van der Waals surface area contributed by atoms with E-state index in [0.29, 0.717) is 0 Å². The second-order valence-electron chi connectivity index (χ2n) is 3.67. The monoisotopic (exact) mass is 357 g/mol. The number of aromatic nitrogens is 2. The minimum Gasteiger partial charge on any atom is -0.619 e. The minimum atomic E-state index is 0.750. The van der Waals surface area contributed by atoms with Crippen LogP contribution < -0.4 is 10.5 Å². The molecule has 2 aromatic heterocycles. The van der Waals surface area contributed by atoms with Crippen LogP contribution in [0.25, 0.3) is 0 Å². The lowest BCUT2D eigenvalue weighted by molar-refractivity contribution is -0.605. The van der Waals surface area contributed by atoms with Crippen LogP contribution in [0.2, 0.25) is 0 Å². The zero-order chi connectivity index (χ0) is 20.5. The number of nitrogen functional groups attached to an aromatic ring is 1. The molecule has 4 nitrogen and oxygen atoms in total. The van der Waals surface area contributed by atoms with Crippen molar-refractivity contribution in [2.24, 2.45) is 0 Å². The van der Waals surface area contributed by atoms with E-state index >= 15 is 0 Å². The molecular weight excluding hydrogens is 322 g/mol. The van der Waals surface area contributed by atoms with Crippen molar-refractivity contribution in [2.75, 3.05) is 5.73 Å². The largest absolute Gasteiger partial charge is 0.619 e. The number of anilines is 1. The number of benzene rings is 1. The smallest absolute Gasteiger partial charge is 0.180 e. The standard InChI is InChI=1S/C6H7N.C5H5NO.C5H5N.3C2H6/c2*7-6-4-2-1-3-5-6;1-2-4-6-5-3-1;3*1-2/h1-5H,7H2;1-5H;1-5H;3*1-2H3.